The molecule has 0 aliphatic carbocycles. The average Bonchev–Trinajstić information content (AvgIpc) is 2.28. The van der Waals surface area contributed by atoms with Crippen molar-refractivity contribution in [2.24, 2.45) is 5.92 Å². The van der Waals surface area contributed by atoms with E-state index in [2.05, 4.69) is 31.1 Å². The van der Waals surface area contributed by atoms with Crippen LogP contribution in [-0.2, 0) is 4.74 Å². The molecule has 1 aliphatic rings. The summed E-state index contributed by atoms with van der Waals surface area (Å²) in [5.74, 6) is 0.709. The molecule has 0 aromatic carbocycles. The highest BCUT2D eigenvalue weighted by molar-refractivity contribution is 4.80. The molecule has 3 unspecified atom stereocenters. The van der Waals surface area contributed by atoms with Crippen molar-refractivity contribution in [3.8, 4) is 0 Å². The number of nitrogens with zero attached hydrogens (tertiary/aromatic N) is 1. The van der Waals surface area contributed by atoms with Crippen LogP contribution < -0.4 is 5.32 Å². The first kappa shape index (κ1) is 12.9. The molecule has 1 fully saturated rings. The van der Waals surface area contributed by atoms with Crippen LogP contribution in [0.15, 0.2) is 0 Å². The lowest BCUT2D eigenvalue weighted by Crippen LogP contribution is -2.48. The number of rotatable bonds is 5. The largest absolute Gasteiger partial charge is 0.380 e. The molecule has 0 spiro atoms. The Kier molecular flexibility index (Phi) is 5.58. The molecule has 0 saturated carbocycles. The molecule has 0 aromatic rings. The quantitative estimate of drug-likeness (QED) is 0.747. The fourth-order valence-electron chi connectivity index (χ4n) is 2.31. The molecule has 1 N–H and O–H groups in total. The summed E-state index contributed by atoms with van der Waals surface area (Å²) in [6.45, 7) is 8.00. The molecule has 3 nitrogen and oxygen atoms in total. The van der Waals surface area contributed by atoms with Gasteiger partial charge in [-0.2, -0.15) is 0 Å². The number of hydrogen-bond donors (Lipinski definition) is 1. The summed E-state index contributed by atoms with van der Waals surface area (Å²) in [6.07, 6.45) is 2.88. The molecule has 1 heterocycles. The molecule has 1 aliphatic heterocycles. The van der Waals surface area contributed by atoms with Crippen molar-refractivity contribution in [2.45, 2.75) is 38.8 Å². The van der Waals surface area contributed by atoms with Gasteiger partial charge in [-0.3, -0.25) is 4.90 Å². The Bertz CT molecular complexity index is 169. The third-order valence-electron chi connectivity index (χ3n) is 3.66. The molecule has 90 valence electrons. The standard InChI is InChI=1S/C12H26N2O/c1-5-11(13-3)8-14-7-6-10(2)12(9-14)15-4/h10-13H,5-9H2,1-4H3. The van der Waals surface area contributed by atoms with Gasteiger partial charge in [-0.1, -0.05) is 13.8 Å². The van der Waals surface area contributed by atoms with Crippen molar-refractivity contribution in [3.63, 3.8) is 0 Å². The van der Waals surface area contributed by atoms with E-state index in [-0.39, 0.29) is 0 Å². The van der Waals surface area contributed by atoms with Crippen LogP contribution in [0.4, 0.5) is 0 Å². The minimum atomic E-state index is 0.424. The first-order valence-corrected chi connectivity index (χ1v) is 6.13. The monoisotopic (exact) mass is 214 g/mol. The maximum atomic E-state index is 5.52. The highest BCUT2D eigenvalue weighted by Gasteiger charge is 2.26. The fraction of sp³-hybridized carbons (Fsp3) is 1.00. The van der Waals surface area contributed by atoms with Crippen molar-refractivity contribution in [1.29, 1.82) is 0 Å². The lowest BCUT2D eigenvalue weighted by atomic mass is 9.95. The van der Waals surface area contributed by atoms with Crippen molar-refractivity contribution >= 4 is 0 Å². The van der Waals surface area contributed by atoms with E-state index in [9.17, 15) is 0 Å². The van der Waals surface area contributed by atoms with Gasteiger partial charge in [-0.05, 0) is 32.4 Å². The van der Waals surface area contributed by atoms with Gasteiger partial charge in [0.05, 0.1) is 6.10 Å². The Labute approximate surface area is 94.2 Å². The van der Waals surface area contributed by atoms with Crippen molar-refractivity contribution in [1.82, 2.24) is 10.2 Å². The van der Waals surface area contributed by atoms with E-state index >= 15 is 0 Å². The van der Waals surface area contributed by atoms with E-state index in [1.54, 1.807) is 0 Å². The van der Waals surface area contributed by atoms with Crippen LogP contribution in [-0.4, -0.2) is 50.8 Å². The predicted octanol–water partition coefficient (Wildman–Crippen LogP) is 1.34. The SMILES string of the molecule is CCC(CN1CCC(C)C(OC)C1)NC. The van der Waals surface area contributed by atoms with Crippen molar-refractivity contribution < 1.29 is 4.74 Å². The van der Waals surface area contributed by atoms with Crippen LogP contribution >= 0.6 is 0 Å². The minimum absolute atomic E-state index is 0.424. The number of piperidine rings is 1. The summed E-state index contributed by atoms with van der Waals surface area (Å²) in [6, 6.07) is 0.621. The number of ether oxygens (including phenoxy) is 1. The van der Waals surface area contributed by atoms with Gasteiger partial charge in [0.2, 0.25) is 0 Å². The molecular weight excluding hydrogens is 188 g/mol. The summed E-state index contributed by atoms with van der Waals surface area (Å²) in [5, 5.41) is 3.36. The Morgan fingerprint density at radius 2 is 2.27 bits per heavy atom. The Hall–Kier alpha value is -0.120. The topological polar surface area (TPSA) is 24.5 Å². The van der Waals surface area contributed by atoms with E-state index in [1.807, 2.05) is 7.11 Å². The van der Waals surface area contributed by atoms with Crippen LogP contribution in [0, 0.1) is 5.92 Å². The van der Waals surface area contributed by atoms with Gasteiger partial charge in [-0.25, -0.2) is 0 Å². The normalized spacial score (nSPS) is 30.4. The number of likely N-dealkylation sites (tertiary alicyclic amines) is 1. The number of methoxy groups -OCH3 is 1. The van der Waals surface area contributed by atoms with Crippen LogP contribution in [0.3, 0.4) is 0 Å². The van der Waals surface area contributed by atoms with E-state index < -0.39 is 0 Å². The number of hydrogen-bond acceptors (Lipinski definition) is 3. The zero-order valence-electron chi connectivity index (χ0n) is 10.6. The third kappa shape index (κ3) is 3.74. The number of likely N-dealkylation sites (N-methyl/N-ethyl adjacent to an activating group) is 1. The molecule has 1 saturated heterocycles. The summed E-state index contributed by atoms with van der Waals surface area (Å²) in [7, 11) is 3.88. The lowest BCUT2D eigenvalue weighted by molar-refractivity contribution is -0.00729. The second kappa shape index (κ2) is 6.46. The highest BCUT2D eigenvalue weighted by Crippen LogP contribution is 2.19. The van der Waals surface area contributed by atoms with Crippen LogP contribution in [0.1, 0.15) is 26.7 Å². The molecular formula is C12H26N2O. The van der Waals surface area contributed by atoms with Crippen molar-refractivity contribution in [2.75, 3.05) is 33.8 Å². The molecule has 0 radical (unpaired) electrons. The molecule has 0 bridgehead atoms. The second-order valence-corrected chi connectivity index (χ2v) is 4.69. The van der Waals surface area contributed by atoms with Gasteiger partial charge in [0.25, 0.3) is 0 Å². The molecule has 1 rings (SSSR count). The van der Waals surface area contributed by atoms with Gasteiger partial charge in [0, 0.05) is 26.2 Å². The van der Waals surface area contributed by atoms with E-state index in [4.69, 9.17) is 4.74 Å². The van der Waals surface area contributed by atoms with Gasteiger partial charge < -0.3 is 10.1 Å². The molecule has 0 amide bonds. The first-order chi connectivity index (χ1) is 7.21. The van der Waals surface area contributed by atoms with E-state index in [1.165, 1.54) is 19.4 Å². The summed E-state index contributed by atoms with van der Waals surface area (Å²) < 4.78 is 5.52. The average molecular weight is 214 g/mol. The number of nitrogens with one attached hydrogen (secondary N) is 1. The predicted molar refractivity (Wildman–Crippen MR) is 64.2 cm³/mol. The Balaban J connectivity index is 2.37. The van der Waals surface area contributed by atoms with Gasteiger partial charge in [0.15, 0.2) is 0 Å². The zero-order chi connectivity index (χ0) is 11.3. The van der Waals surface area contributed by atoms with E-state index in [0.717, 1.165) is 13.1 Å². The smallest absolute Gasteiger partial charge is 0.0724 e. The Morgan fingerprint density at radius 1 is 1.53 bits per heavy atom. The third-order valence-corrected chi connectivity index (χ3v) is 3.66. The first-order valence-electron chi connectivity index (χ1n) is 6.13. The summed E-state index contributed by atoms with van der Waals surface area (Å²) in [4.78, 5) is 2.53. The van der Waals surface area contributed by atoms with Gasteiger partial charge in [0.1, 0.15) is 0 Å². The van der Waals surface area contributed by atoms with Gasteiger partial charge in [-0.15, -0.1) is 0 Å². The van der Waals surface area contributed by atoms with Crippen molar-refractivity contribution in [3.05, 3.63) is 0 Å². The molecule has 3 atom stereocenters. The van der Waals surface area contributed by atoms with Crippen LogP contribution in [0.2, 0.25) is 0 Å². The molecule has 15 heavy (non-hydrogen) atoms. The molecule has 0 aromatic heterocycles. The minimum Gasteiger partial charge on any atom is -0.380 e. The second-order valence-electron chi connectivity index (χ2n) is 4.69. The summed E-state index contributed by atoms with van der Waals surface area (Å²) >= 11 is 0. The van der Waals surface area contributed by atoms with Crippen LogP contribution in [0.5, 0.6) is 0 Å². The maximum absolute atomic E-state index is 5.52. The molecule has 3 heteroatoms. The van der Waals surface area contributed by atoms with Crippen LogP contribution in [0.25, 0.3) is 0 Å². The highest BCUT2D eigenvalue weighted by atomic mass is 16.5. The Morgan fingerprint density at radius 3 is 2.80 bits per heavy atom. The van der Waals surface area contributed by atoms with Gasteiger partial charge >= 0.3 is 0 Å². The maximum Gasteiger partial charge on any atom is 0.0724 e. The van der Waals surface area contributed by atoms with E-state index in [0.29, 0.717) is 18.1 Å². The summed E-state index contributed by atoms with van der Waals surface area (Å²) in [5.41, 5.74) is 0. The fourth-order valence-corrected chi connectivity index (χ4v) is 2.31. The lowest BCUT2D eigenvalue weighted by Gasteiger charge is -2.37. The zero-order valence-corrected chi connectivity index (χ0v) is 10.6.